The van der Waals surface area contributed by atoms with Crippen molar-refractivity contribution in [2.45, 2.75) is 78.2 Å². The van der Waals surface area contributed by atoms with Gasteiger partial charge in [-0.05, 0) is 74.2 Å². The van der Waals surface area contributed by atoms with Gasteiger partial charge in [-0.15, -0.1) is 0 Å². The first kappa shape index (κ1) is 13.0. The van der Waals surface area contributed by atoms with Gasteiger partial charge in [0.25, 0.3) is 0 Å². The maximum absolute atomic E-state index is 3.75. The van der Waals surface area contributed by atoms with Crippen molar-refractivity contribution in [3.05, 3.63) is 0 Å². The summed E-state index contributed by atoms with van der Waals surface area (Å²) in [6.07, 6.45) is 11.9. The maximum atomic E-state index is 3.75. The third-order valence-electron chi connectivity index (χ3n) is 6.03. The molecule has 0 aliphatic heterocycles. The van der Waals surface area contributed by atoms with E-state index in [9.17, 15) is 0 Å². The van der Waals surface area contributed by atoms with E-state index in [1.807, 2.05) is 0 Å². The van der Waals surface area contributed by atoms with Crippen LogP contribution in [0.2, 0.25) is 0 Å². The zero-order valence-corrected chi connectivity index (χ0v) is 12.6. The number of hydrogen-bond donors (Lipinski definition) is 1. The molecule has 1 N–H and O–H groups in total. The van der Waals surface area contributed by atoms with E-state index in [1.54, 1.807) is 0 Å². The minimum atomic E-state index is 0.530. The summed E-state index contributed by atoms with van der Waals surface area (Å²) in [5.74, 6) is 1.99. The van der Waals surface area contributed by atoms with E-state index in [0.29, 0.717) is 5.41 Å². The maximum Gasteiger partial charge on any atom is 0.00683 e. The summed E-state index contributed by atoms with van der Waals surface area (Å²) in [5, 5.41) is 3.75. The van der Waals surface area contributed by atoms with Crippen LogP contribution >= 0.6 is 0 Å². The van der Waals surface area contributed by atoms with Gasteiger partial charge in [0.15, 0.2) is 0 Å². The Morgan fingerprint density at radius 2 is 1.83 bits per heavy atom. The smallest absolute Gasteiger partial charge is 0.00683 e. The lowest BCUT2D eigenvalue weighted by molar-refractivity contribution is 0.211. The van der Waals surface area contributed by atoms with Crippen LogP contribution in [0.5, 0.6) is 0 Å². The second-order valence-corrected chi connectivity index (χ2v) is 8.44. The lowest BCUT2D eigenvalue weighted by atomic mass is 9.76. The van der Waals surface area contributed by atoms with Crippen LogP contribution in [0.1, 0.15) is 72.1 Å². The van der Waals surface area contributed by atoms with Crippen molar-refractivity contribution >= 4 is 0 Å². The molecule has 18 heavy (non-hydrogen) atoms. The van der Waals surface area contributed by atoms with Gasteiger partial charge in [0.2, 0.25) is 0 Å². The highest BCUT2D eigenvalue weighted by Gasteiger charge is 2.53. The molecule has 0 bridgehead atoms. The quantitative estimate of drug-likeness (QED) is 0.783. The van der Waals surface area contributed by atoms with E-state index >= 15 is 0 Å². The van der Waals surface area contributed by atoms with Gasteiger partial charge in [-0.3, -0.25) is 0 Å². The van der Waals surface area contributed by atoms with Gasteiger partial charge in [0.05, 0.1) is 0 Å². The van der Waals surface area contributed by atoms with Crippen molar-refractivity contribution in [2.75, 3.05) is 6.54 Å². The van der Waals surface area contributed by atoms with E-state index in [0.717, 1.165) is 23.3 Å². The molecule has 3 unspecified atom stereocenters. The Balaban J connectivity index is 1.50. The first-order valence-corrected chi connectivity index (χ1v) is 8.23. The molecule has 3 rings (SSSR count). The second-order valence-electron chi connectivity index (χ2n) is 8.44. The summed E-state index contributed by atoms with van der Waals surface area (Å²) < 4.78 is 0. The SMILES string of the molecule is CC(C)(C)C1CCCC2(CC1)CC2CNC1CC1. The highest BCUT2D eigenvalue weighted by Crippen LogP contribution is 2.61. The van der Waals surface area contributed by atoms with E-state index in [4.69, 9.17) is 0 Å². The van der Waals surface area contributed by atoms with Crippen LogP contribution in [0.4, 0.5) is 0 Å². The van der Waals surface area contributed by atoms with Crippen LogP contribution in [0.3, 0.4) is 0 Å². The molecule has 1 heteroatoms. The van der Waals surface area contributed by atoms with Gasteiger partial charge in [0.1, 0.15) is 0 Å². The third kappa shape index (κ3) is 2.76. The third-order valence-corrected chi connectivity index (χ3v) is 6.03. The van der Waals surface area contributed by atoms with Crippen LogP contribution in [0.25, 0.3) is 0 Å². The van der Waals surface area contributed by atoms with Crippen LogP contribution in [0.15, 0.2) is 0 Å². The van der Waals surface area contributed by atoms with Gasteiger partial charge >= 0.3 is 0 Å². The molecule has 3 aliphatic rings. The molecule has 0 aromatic heterocycles. The zero-order valence-electron chi connectivity index (χ0n) is 12.6. The average Bonchev–Trinajstić information content (AvgIpc) is 3.14. The summed E-state index contributed by atoms with van der Waals surface area (Å²) in [6, 6.07) is 0.899. The molecular weight excluding hydrogens is 218 g/mol. The molecule has 3 atom stereocenters. The van der Waals surface area contributed by atoms with Gasteiger partial charge in [-0.2, -0.15) is 0 Å². The molecule has 0 radical (unpaired) electrons. The van der Waals surface area contributed by atoms with Crippen molar-refractivity contribution in [2.24, 2.45) is 22.7 Å². The topological polar surface area (TPSA) is 12.0 Å². The van der Waals surface area contributed by atoms with Gasteiger partial charge in [-0.1, -0.05) is 27.2 Å². The van der Waals surface area contributed by atoms with Crippen LogP contribution in [0, 0.1) is 22.7 Å². The van der Waals surface area contributed by atoms with Gasteiger partial charge in [0, 0.05) is 6.04 Å². The first-order valence-electron chi connectivity index (χ1n) is 8.23. The van der Waals surface area contributed by atoms with Gasteiger partial charge in [-0.25, -0.2) is 0 Å². The Morgan fingerprint density at radius 3 is 2.50 bits per heavy atom. The molecule has 3 fully saturated rings. The Morgan fingerprint density at radius 1 is 1.06 bits per heavy atom. The predicted molar refractivity (Wildman–Crippen MR) is 77.6 cm³/mol. The molecule has 3 aliphatic carbocycles. The Kier molecular flexibility index (Phi) is 3.25. The number of rotatable bonds is 3. The summed E-state index contributed by atoms with van der Waals surface area (Å²) in [7, 11) is 0. The Bertz CT molecular complexity index is 299. The van der Waals surface area contributed by atoms with Crippen LogP contribution in [-0.4, -0.2) is 12.6 Å². The van der Waals surface area contributed by atoms with Crippen molar-refractivity contribution in [3.8, 4) is 0 Å². The van der Waals surface area contributed by atoms with Gasteiger partial charge < -0.3 is 5.32 Å². The molecular formula is C17H31N. The normalized spacial score (nSPS) is 40.8. The first-order chi connectivity index (χ1) is 8.50. The number of nitrogens with one attached hydrogen (secondary N) is 1. The van der Waals surface area contributed by atoms with E-state index in [-0.39, 0.29) is 0 Å². The summed E-state index contributed by atoms with van der Waals surface area (Å²) in [6.45, 7) is 8.64. The van der Waals surface area contributed by atoms with E-state index < -0.39 is 0 Å². The molecule has 3 saturated carbocycles. The molecule has 0 heterocycles. The molecule has 0 amide bonds. The largest absolute Gasteiger partial charge is 0.314 e. The summed E-state index contributed by atoms with van der Waals surface area (Å²) in [4.78, 5) is 0. The Labute approximate surface area is 113 Å². The van der Waals surface area contributed by atoms with Crippen LogP contribution in [-0.2, 0) is 0 Å². The lowest BCUT2D eigenvalue weighted by Gasteiger charge is -2.29. The van der Waals surface area contributed by atoms with E-state index in [2.05, 4.69) is 26.1 Å². The molecule has 0 aromatic rings. The highest BCUT2D eigenvalue weighted by molar-refractivity contribution is 5.05. The monoisotopic (exact) mass is 249 g/mol. The fourth-order valence-corrected chi connectivity index (χ4v) is 4.23. The second kappa shape index (κ2) is 4.51. The van der Waals surface area contributed by atoms with Crippen LogP contribution < -0.4 is 5.32 Å². The standard InChI is InChI=1S/C17H31N/c1-16(2,3)13-5-4-9-17(10-8-13)11-14(17)12-18-15-6-7-15/h13-15,18H,4-12H2,1-3H3. The van der Waals surface area contributed by atoms with Crippen molar-refractivity contribution < 1.29 is 0 Å². The highest BCUT2D eigenvalue weighted by atomic mass is 15.0. The predicted octanol–water partition coefficient (Wildman–Crippen LogP) is 4.37. The van der Waals surface area contributed by atoms with Crippen molar-refractivity contribution in [1.29, 1.82) is 0 Å². The van der Waals surface area contributed by atoms with Crippen molar-refractivity contribution in [3.63, 3.8) is 0 Å². The fourth-order valence-electron chi connectivity index (χ4n) is 4.23. The lowest BCUT2D eigenvalue weighted by Crippen LogP contribution is -2.22. The summed E-state index contributed by atoms with van der Waals surface area (Å²) >= 11 is 0. The molecule has 0 aromatic carbocycles. The van der Waals surface area contributed by atoms with Crippen molar-refractivity contribution in [1.82, 2.24) is 5.32 Å². The van der Waals surface area contributed by atoms with E-state index in [1.165, 1.54) is 57.9 Å². The minimum Gasteiger partial charge on any atom is -0.314 e. The minimum absolute atomic E-state index is 0.530. The molecule has 0 saturated heterocycles. The molecule has 1 spiro atoms. The summed E-state index contributed by atoms with van der Waals surface area (Å²) in [5.41, 5.74) is 1.31. The average molecular weight is 249 g/mol. The zero-order chi connectivity index (χ0) is 12.8. The fraction of sp³-hybridized carbons (Fsp3) is 1.00. The Hall–Kier alpha value is -0.0400. The molecule has 104 valence electrons. The number of hydrogen-bond acceptors (Lipinski definition) is 1. The molecule has 1 nitrogen and oxygen atoms in total.